The van der Waals surface area contributed by atoms with Gasteiger partial charge >= 0.3 is 6.03 Å². The second-order valence-corrected chi connectivity index (χ2v) is 7.03. The zero-order valence-corrected chi connectivity index (χ0v) is 15.1. The summed E-state index contributed by atoms with van der Waals surface area (Å²) in [6.45, 7) is 2.86. The number of amides is 4. The number of hydrogen-bond donors (Lipinski definition) is 0. The molecule has 9 nitrogen and oxygen atoms in total. The largest absolute Gasteiger partial charge is 0.331 e. The van der Waals surface area contributed by atoms with E-state index in [9.17, 15) is 14.4 Å². The van der Waals surface area contributed by atoms with Crippen LogP contribution in [0.15, 0.2) is 12.4 Å². The Morgan fingerprint density at radius 3 is 2.56 bits per heavy atom. The van der Waals surface area contributed by atoms with Crippen molar-refractivity contribution in [1.29, 1.82) is 0 Å². The molecule has 1 aromatic rings. The third-order valence-electron chi connectivity index (χ3n) is 4.99. The number of hydrogen-bond acceptors (Lipinski definition) is 4. The molecule has 0 N–H and O–H groups in total. The third-order valence-corrected chi connectivity index (χ3v) is 4.99. The highest BCUT2D eigenvalue weighted by atomic mass is 16.2. The Morgan fingerprint density at radius 2 is 2.00 bits per heavy atom. The zero-order valence-electron chi connectivity index (χ0n) is 15.1. The predicted octanol–water partition coefficient (Wildman–Crippen LogP) is -0.259. The standard InChI is InChI=1S/C16H24N6O3/c1-12(23)22-9-14(24)21(13-7-17-19(4)8-13)11-16(22)5-6-20(10-16)15(25)18(2)3/h7-8H,5-6,9-11H2,1-4H3. The summed E-state index contributed by atoms with van der Waals surface area (Å²) in [5.41, 5.74) is 0.161. The molecule has 136 valence electrons. The minimum absolute atomic E-state index is 0.0220. The molecule has 1 aromatic heterocycles. The Kier molecular flexibility index (Phi) is 4.18. The Hall–Kier alpha value is -2.58. The first-order valence-corrected chi connectivity index (χ1v) is 8.27. The molecule has 0 aromatic carbocycles. The van der Waals surface area contributed by atoms with Gasteiger partial charge in [-0.2, -0.15) is 5.10 Å². The highest BCUT2D eigenvalue weighted by Crippen LogP contribution is 2.34. The second kappa shape index (κ2) is 6.05. The maximum Gasteiger partial charge on any atom is 0.319 e. The van der Waals surface area contributed by atoms with Gasteiger partial charge in [0.1, 0.15) is 6.54 Å². The van der Waals surface area contributed by atoms with E-state index < -0.39 is 5.54 Å². The molecular weight excluding hydrogens is 324 g/mol. The maximum atomic E-state index is 12.6. The van der Waals surface area contributed by atoms with Crippen LogP contribution in [0.2, 0.25) is 0 Å². The SMILES string of the molecule is CC(=O)N1CC(=O)N(c2cnn(C)c2)CC12CCN(C(=O)N(C)C)C2. The molecule has 9 heteroatoms. The predicted molar refractivity (Wildman–Crippen MR) is 91.0 cm³/mol. The van der Waals surface area contributed by atoms with Crippen LogP contribution < -0.4 is 4.90 Å². The molecule has 2 saturated heterocycles. The molecule has 2 fully saturated rings. The topological polar surface area (TPSA) is 82.0 Å². The fraction of sp³-hybridized carbons (Fsp3) is 0.625. The van der Waals surface area contributed by atoms with E-state index in [1.807, 2.05) is 0 Å². The van der Waals surface area contributed by atoms with Crippen molar-refractivity contribution in [2.75, 3.05) is 45.2 Å². The van der Waals surface area contributed by atoms with E-state index in [2.05, 4.69) is 5.10 Å². The lowest BCUT2D eigenvalue weighted by Gasteiger charge is -2.47. The van der Waals surface area contributed by atoms with Gasteiger partial charge < -0.3 is 19.6 Å². The summed E-state index contributed by atoms with van der Waals surface area (Å²) in [7, 11) is 5.22. The minimum Gasteiger partial charge on any atom is -0.331 e. The molecule has 2 aliphatic heterocycles. The van der Waals surface area contributed by atoms with Crippen molar-refractivity contribution < 1.29 is 14.4 Å². The molecule has 0 bridgehead atoms. The first-order valence-electron chi connectivity index (χ1n) is 8.27. The van der Waals surface area contributed by atoms with Crippen molar-refractivity contribution in [3.8, 4) is 0 Å². The lowest BCUT2D eigenvalue weighted by Crippen LogP contribution is -2.67. The quantitative estimate of drug-likeness (QED) is 0.700. The van der Waals surface area contributed by atoms with Gasteiger partial charge in [-0.15, -0.1) is 0 Å². The molecule has 0 radical (unpaired) electrons. The molecular formula is C16H24N6O3. The van der Waals surface area contributed by atoms with Gasteiger partial charge in [0.2, 0.25) is 11.8 Å². The number of aromatic nitrogens is 2. The average Bonchev–Trinajstić information content (AvgIpc) is 3.15. The van der Waals surface area contributed by atoms with Crippen LogP contribution in [-0.4, -0.2) is 88.1 Å². The van der Waals surface area contributed by atoms with Crippen LogP contribution in [0.1, 0.15) is 13.3 Å². The summed E-state index contributed by atoms with van der Waals surface area (Å²) < 4.78 is 1.64. The van der Waals surface area contributed by atoms with Crippen molar-refractivity contribution in [3.63, 3.8) is 0 Å². The van der Waals surface area contributed by atoms with Crippen LogP contribution in [-0.2, 0) is 16.6 Å². The molecule has 1 atom stereocenters. The summed E-state index contributed by atoms with van der Waals surface area (Å²) in [5, 5.41) is 4.13. The van der Waals surface area contributed by atoms with Crippen molar-refractivity contribution in [3.05, 3.63) is 12.4 Å². The van der Waals surface area contributed by atoms with Gasteiger partial charge in [0.15, 0.2) is 0 Å². The first-order chi connectivity index (χ1) is 11.7. The van der Waals surface area contributed by atoms with Gasteiger partial charge in [-0.25, -0.2) is 4.79 Å². The van der Waals surface area contributed by atoms with Gasteiger partial charge in [-0.1, -0.05) is 0 Å². The fourth-order valence-electron chi connectivity index (χ4n) is 3.74. The summed E-state index contributed by atoms with van der Waals surface area (Å²) in [5.74, 6) is -0.274. The number of likely N-dealkylation sites (tertiary alicyclic amines) is 1. The molecule has 1 unspecified atom stereocenters. The Balaban J connectivity index is 1.90. The van der Waals surface area contributed by atoms with E-state index in [0.29, 0.717) is 31.7 Å². The number of urea groups is 1. The maximum absolute atomic E-state index is 12.6. The Labute approximate surface area is 146 Å². The zero-order chi connectivity index (χ0) is 18.4. The van der Waals surface area contributed by atoms with Crippen LogP contribution in [0.25, 0.3) is 0 Å². The highest BCUT2D eigenvalue weighted by molar-refractivity contribution is 5.98. The molecule has 3 rings (SSSR count). The van der Waals surface area contributed by atoms with E-state index in [-0.39, 0.29) is 24.4 Å². The summed E-state index contributed by atoms with van der Waals surface area (Å²) in [4.78, 5) is 43.7. The molecule has 3 heterocycles. The monoisotopic (exact) mass is 348 g/mol. The lowest BCUT2D eigenvalue weighted by atomic mass is 9.92. The van der Waals surface area contributed by atoms with E-state index in [4.69, 9.17) is 0 Å². The normalized spacial score (nSPS) is 23.5. The first kappa shape index (κ1) is 17.2. The van der Waals surface area contributed by atoms with Crippen molar-refractivity contribution in [2.24, 2.45) is 7.05 Å². The summed E-state index contributed by atoms with van der Waals surface area (Å²) >= 11 is 0. The fourth-order valence-corrected chi connectivity index (χ4v) is 3.74. The molecule has 0 aliphatic carbocycles. The van der Waals surface area contributed by atoms with Crippen LogP contribution >= 0.6 is 0 Å². The van der Waals surface area contributed by atoms with Gasteiger partial charge in [-0.05, 0) is 6.42 Å². The Bertz CT molecular complexity index is 714. The van der Waals surface area contributed by atoms with Crippen molar-refractivity contribution in [2.45, 2.75) is 18.9 Å². The molecule has 1 spiro atoms. The third kappa shape index (κ3) is 2.94. The van der Waals surface area contributed by atoms with E-state index in [1.165, 1.54) is 11.8 Å². The van der Waals surface area contributed by atoms with Crippen molar-refractivity contribution in [1.82, 2.24) is 24.5 Å². The van der Waals surface area contributed by atoms with Crippen LogP contribution in [0.4, 0.5) is 10.5 Å². The number of aryl methyl sites for hydroxylation is 1. The van der Waals surface area contributed by atoms with Crippen LogP contribution in [0, 0.1) is 0 Å². The highest BCUT2D eigenvalue weighted by Gasteiger charge is 2.51. The van der Waals surface area contributed by atoms with Gasteiger partial charge in [0.05, 0.1) is 24.0 Å². The van der Waals surface area contributed by atoms with Gasteiger partial charge in [0, 0.05) is 47.4 Å². The Morgan fingerprint density at radius 1 is 1.28 bits per heavy atom. The lowest BCUT2D eigenvalue weighted by molar-refractivity contribution is -0.142. The number of anilines is 1. The van der Waals surface area contributed by atoms with Gasteiger partial charge in [0.25, 0.3) is 0 Å². The second-order valence-electron chi connectivity index (χ2n) is 7.03. The van der Waals surface area contributed by atoms with Crippen LogP contribution in [0.3, 0.4) is 0 Å². The average molecular weight is 348 g/mol. The number of rotatable bonds is 1. The van der Waals surface area contributed by atoms with Crippen molar-refractivity contribution >= 4 is 23.5 Å². The number of carbonyl (C=O) groups is 3. The molecule has 0 saturated carbocycles. The van der Waals surface area contributed by atoms with Crippen LogP contribution in [0.5, 0.6) is 0 Å². The van der Waals surface area contributed by atoms with E-state index >= 15 is 0 Å². The molecule has 25 heavy (non-hydrogen) atoms. The van der Waals surface area contributed by atoms with Gasteiger partial charge in [-0.3, -0.25) is 14.3 Å². The van der Waals surface area contributed by atoms with E-state index in [1.54, 1.807) is 52.9 Å². The number of piperazine rings is 1. The molecule has 4 amide bonds. The summed E-state index contributed by atoms with van der Waals surface area (Å²) in [6.07, 6.45) is 4.08. The number of carbonyl (C=O) groups excluding carboxylic acids is 3. The van der Waals surface area contributed by atoms with E-state index in [0.717, 1.165) is 0 Å². The number of nitrogens with zero attached hydrogens (tertiary/aromatic N) is 6. The smallest absolute Gasteiger partial charge is 0.319 e. The molecule has 2 aliphatic rings. The summed E-state index contributed by atoms with van der Waals surface area (Å²) in [6, 6.07) is -0.0785. The minimum atomic E-state index is -0.554.